The number of aromatic nitrogens is 4. The number of hydrogen-bond donors (Lipinski definition) is 1. The molecular formula is C16H16ClN5O2S. The number of rotatable bonds is 5. The van der Waals surface area contributed by atoms with Gasteiger partial charge < -0.3 is 10.5 Å². The molecule has 0 atom stereocenters. The van der Waals surface area contributed by atoms with Crippen molar-refractivity contribution in [1.82, 2.24) is 19.6 Å². The topological polar surface area (TPSA) is 95.4 Å². The first-order chi connectivity index (χ1) is 12.0. The summed E-state index contributed by atoms with van der Waals surface area (Å²) < 4.78 is 6.71. The second kappa shape index (κ2) is 7.28. The van der Waals surface area contributed by atoms with E-state index in [4.69, 9.17) is 22.1 Å². The van der Waals surface area contributed by atoms with Crippen LogP contribution in [0.2, 0.25) is 5.02 Å². The van der Waals surface area contributed by atoms with Crippen LogP contribution in [0.1, 0.15) is 28.7 Å². The van der Waals surface area contributed by atoms with Gasteiger partial charge in [0.25, 0.3) is 0 Å². The van der Waals surface area contributed by atoms with Crippen LogP contribution in [0, 0.1) is 0 Å². The van der Waals surface area contributed by atoms with Crippen molar-refractivity contribution in [2.75, 3.05) is 18.6 Å². The molecule has 3 rings (SSSR count). The molecule has 0 unspecified atom stereocenters. The molecule has 0 bridgehead atoms. The van der Waals surface area contributed by atoms with E-state index < -0.39 is 5.97 Å². The molecule has 3 aromatic rings. The van der Waals surface area contributed by atoms with Gasteiger partial charge in [0.15, 0.2) is 5.65 Å². The van der Waals surface area contributed by atoms with Crippen molar-refractivity contribution >= 4 is 40.9 Å². The van der Waals surface area contributed by atoms with E-state index in [1.54, 1.807) is 23.5 Å². The third-order valence-electron chi connectivity index (χ3n) is 3.56. The minimum absolute atomic E-state index is 0.223. The molecule has 0 spiro atoms. The number of esters is 1. The molecule has 0 aliphatic carbocycles. The normalized spacial score (nSPS) is 11.0. The summed E-state index contributed by atoms with van der Waals surface area (Å²) in [6.45, 7) is 2.00. The smallest absolute Gasteiger partial charge is 0.344 e. The fourth-order valence-electron chi connectivity index (χ4n) is 2.45. The van der Waals surface area contributed by atoms with E-state index in [2.05, 4.69) is 15.2 Å². The van der Waals surface area contributed by atoms with Gasteiger partial charge in [-0.3, -0.25) is 0 Å². The standard InChI is InChI=1S/C16H16ClN5O2S/c1-3-24-15(23)12-13-21-20-11(8-9-4-6-10(17)7-5-9)22(13)16(18)19-14(12)25-2/h4-7H,3,8H2,1-2H3,(H2,18,19). The van der Waals surface area contributed by atoms with Crippen LogP contribution in [0.4, 0.5) is 5.95 Å². The monoisotopic (exact) mass is 377 g/mol. The van der Waals surface area contributed by atoms with E-state index in [0.29, 0.717) is 27.9 Å². The molecule has 9 heteroatoms. The Kier molecular flexibility index (Phi) is 5.10. The SMILES string of the molecule is CCOC(=O)c1c(SC)nc(N)n2c(Cc3ccc(Cl)cc3)nnc12. The quantitative estimate of drug-likeness (QED) is 0.415. The van der Waals surface area contributed by atoms with Crippen LogP contribution in [0.5, 0.6) is 0 Å². The first-order valence-corrected chi connectivity index (χ1v) is 9.14. The molecule has 1 aromatic carbocycles. The number of halogens is 1. The Morgan fingerprint density at radius 2 is 2.04 bits per heavy atom. The van der Waals surface area contributed by atoms with Crippen LogP contribution in [0.25, 0.3) is 5.65 Å². The molecule has 2 N–H and O–H groups in total. The van der Waals surface area contributed by atoms with E-state index in [-0.39, 0.29) is 18.1 Å². The lowest BCUT2D eigenvalue weighted by atomic mass is 10.1. The first-order valence-electron chi connectivity index (χ1n) is 7.54. The number of ether oxygens (including phenoxy) is 1. The minimum atomic E-state index is -0.491. The fourth-order valence-corrected chi connectivity index (χ4v) is 3.14. The number of nitrogens with zero attached hydrogens (tertiary/aromatic N) is 4. The van der Waals surface area contributed by atoms with Crippen molar-refractivity contribution in [1.29, 1.82) is 0 Å². The number of anilines is 1. The molecule has 2 heterocycles. The summed E-state index contributed by atoms with van der Waals surface area (Å²) in [7, 11) is 0. The highest BCUT2D eigenvalue weighted by atomic mass is 35.5. The Morgan fingerprint density at radius 3 is 2.68 bits per heavy atom. The zero-order valence-electron chi connectivity index (χ0n) is 13.7. The van der Waals surface area contributed by atoms with Crippen molar-refractivity contribution in [2.24, 2.45) is 0 Å². The number of fused-ring (bicyclic) bond motifs is 1. The number of hydrogen-bond acceptors (Lipinski definition) is 7. The molecule has 0 fully saturated rings. The zero-order valence-corrected chi connectivity index (χ0v) is 15.3. The average molecular weight is 378 g/mol. The Hall–Kier alpha value is -2.32. The van der Waals surface area contributed by atoms with Gasteiger partial charge in [-0.2, -0.15) is 0 Å². The average Bonchev–Trinajstić information content (AvgIpc) is 3.01. The molecule has 0 radical (unpaired) electrons. The molecule has 130 valence electrons. The van der Waals surface area contributed by atoms with Gasteiger partial charge in [0, 0.05) is 11.4 Å². The molecule has 0 saturated heterocycles. The molecule has 0 aliphatic rings. The minimum Gasteiger partial charge on any atom is -0.462 e. The number of carbonyl (C=O) groups is 1. The lowest BCUT2D eigenvalue weighted by Gasteiger charge is -2.10. The van der Waals surface area contributed by atoms with Crippen molar-refractivity contribution in [3.05, 3.63) is 46.2 Å². The fraction of sp³-hybridized carbons (Fsp3) is 0.250. The highest BCUT2D eigenvalue weighted by Crippen LogP contribution is 2.26. The Balaban J connectivity index is 2.12. The van der Waals surface area contributed by atoms with E-state index in [9.17, 15) is 4.79 Å². The van der Waals surface area contributed by atoms with E-state index >= 15 is 0 Å². The third kappa shape index (κ3) is 3.40. The van der Waals surface area contributed by atoms with Gasteiger partial charge in [-0.15, -0.1) is 22.0 Å². The maximum atomic E-state index is 12.3. The second-order valence-corrected chi connectivity index (χ2v) is 6.38. The van der Waals surface area contributed by atoms with Gasteiger partial charge in [0.2, 0.25) is 5.95 Å². The molecule has 25 heavy (non-hydrogen) atoms. The summed E-state index contributed by atoms with van der Waals surface area (Å²) >= 11 is 7.22. The van der Waals surface area contributed by atoms with Crippen LogP contribution >= 0.6 is 23.4 Å². The largest absolute Gasteiger partial charge is 0.462 e. The maximum absolute atomic E-state index is 12.3. The Bertz CT molecular complexity index is 926. The Morgan fingerprint density at radius 1 is 1.32 bits per heavy atom. The van der Waals surface area contributed by atoms with Crippen LogP contribution < -0.4 is 5.73 Å². The number of nitrogens with two attached hydrogens (primary N) is 1. The van der Waals surface area contributed by atoms with Crippen LogP contribution in [-0.4, -0.2) is 38.4 Å². The number of thioether (sulfide) groups is 1. The number of carbonyl (C=O) groups excluding carboxylic acids is 1. The summed E-state index contributed by atoms with van der Waals surface area (Å²) in [5.41, 5.74) is 7.70. The van der Waals surface area contributed by atoms with Crippen molar-refractivity contribution in [3.8, 4) is 0 Å². The van der Waals surface area contributed by atoms with Crippen molar-refractivity contribution in [3.63, 3.8) is 0 Å². The van der Waals surface area contributed by atoms with Crippen LogP contribution in [0.3, 0.4) is 0 Å². The molecule has 2 aromatic heterocycles. The van der Waals surface area contributed by atoms with E-state index in [1.807, 2.05) is 18.4 Å². The lowest BCUT2D eigenvalue weighted by molar-refractivity contribution is 0.0523. The van der Waals surface area contributed by atoms with Gasteiger partial charge in [-0.25, -0.2) is 14.2 Å². The summed E-state index contributed by atoms with van der Waals surface area (Å²) in [5.74, 6) is 0.316. The van der Waals surface area contributed by atoms with Gasteiger partial charge >= 0.3 is 5.97 Å². The maximum Gasteiger partial charge on any atom is 0.344 e. The predicted molar refractivity (Wildman–Crippen MR) is 97.2 cm³/mol. The highest BCUT2D eigenvalue weighted by Gasteiger charge is 2.24. The molecular weight excluding hydrogens is 362 g/mol. The Labute approximate surface area is 153 Å². The number of benzene rings is 1. The van der Waals surface area contributed by atoms with Gasteiger partial charge in [0.05, 0.1) is 6.61 Å². The zero-order chi connectivity index (χ0) is 18.0. The molecule has 0 aliphatic heterocycles. The van der Waals surface area contributed by atoms with E-state index in [0.717, 1.165) is 5.56 Å². The van der Waals surface area contributed by atoms with Crippen LogP contribution in [-0.2, 0) is 11.2 Å². The third-order valence-corrected chi connectivity index (χ3v) is 4.50. The van der Waals surface area contributed by atoms with E-state index in [1.165, 1.54) is 11.8 Å². The summed E-state index contributed by atoms with van der Waals surface area (Å²) in [6.07, 6.45) is 2.29. The summed E-state index contributed by atoms with van der Waals surface area (Å²) in [6, 6.07) is 7.40. The molecule has 0 amide bonds. The second-order valence-electron chi connectivity index (χ2n) is 5.15. The molecule has 7 nitrogen and oxygen atoms in total. The van der Waals surface area contributed by atoms with Gasteiger partial charge in [-0.05, 0) is 30.9 Å². The highest BCUT2D eigenvalue weighted by molar-refractivity contribution is 7.98. The van der Waals surface area contributed by atoms with Crippen molar-refractivity contribution < 1.29 is 9.53 Å². The predicted octanol–water partition coefficient (Wildman–Crippen LogP) is 2.85. The lowest BCUT2D eigenvalue weighted by Crippen LogP contribution is -2.14. The van der Waals surface area contributed by atoms with Gasteiger partial charge in [0.1, 0.15) is 16.4 Å². The van der Waals surface area contributed by atoms with Crippen LogP contribution in [0.15, 0.2) is 29.3 Å². The van der Waals surface area contributed by atoms with Crippen molar-refractivity contribution in [2.45, 2.75) is 18.4 Å². The molecule has 0 saturated carbocycles. The van der Waals surface area contributed by atoms with Gasteiger partial charge in [-0.1, -0.05) is 23.7 Å². The first kappa shape index (κ1) is 17.5. The summed E-state index contributed by atoms with van der Waals surface area (Å²) in [5, 5.41) is 9.48. The summed E-state index contributed by atoms with van der Waals surface area (Å²) in [4.78, 5) is 16.7. The number of nitrogen functional groups attached to an aromatic ring is 1.